The first-order valence-corrected chi connectivity index (χ1v) is 9.97. The van der Waals surface area contributed by atoms with Crippen molar-refractivity contribution in [3.63, 3.8) is 0 Å². The third kappa shape index (κ3) is 5.30. The number of aromatic nitrogens is 2. The molecule has 1 aromatic rings. The molecule has 9 heteroatoms. The lowest BCUT2D eigenvalue weighted by Crippen LogP contribution is -2.51. The molecule has 28 heavy (non-hydrogen) atoms. The van der Waals surface area contributed by atoms with Crippen molar-refractivity contribution in [2.75, 3.05) is 26.4 Å². The van der Waals surface area contributed by atoms with Crippen molar-refractivity contribution in [2.24, 2.45) is 0 Å². The minimum absolute atomic E-state index is 0.0501. The van der Waals surface area contributed by atoms with Crippen LogP contribution in [0.1, 0.15) is 52.2 Å². The van der Waals surface area contributed by atoms with Crippen molar-refractivity contribution < 1.29 is 24.4 Å². The summed E-state index contributed by atoms with van der Waals surface area (Å²) in [6.07, 6.45) is 2.33. The molecule has 160 valence electrons. The fourth-order valence-electron chi connectivity index (χ4n) is 3.36. The second-order valence-electron chi connectivity index (χ2n) is 7.08. The normalized spacial score (nSPS) is 27.4. The third-order valence-electron chi connectivity index (χ3n) is 4.90. The summed E-state index contributed by atoms with van der Waals surface area (Å²) in [7, 11) is 0. The molecule has 2 rings (SSSR count). The largest absolute Gasteiger partial charge is 0.396 e. The Morgan fingerprint density at radius 1 is 1.25 bits per heavy atom. The van der Waals surface area contributed by atoms with E-state index in [4.69, 9.17) is 14.2 Å². The number of hydrogen-bond acceptors (Lipinski definition) is 7. The molecule has 1 aliphatic rings. The van der Waals surface area contributed by atoms with E-state index in [-0.39, 0.29) is 19.6 Å². The monoisotopic (exact) mass is 400 g/mol. The molecule has 0 unspecified atom stereocenters. The minimum Gasteiger partial charge on any atom is -0.396 e. The van der Waals surface area contributed by atoms with Gasteiger partial charge in [0.25, 0.3) is 5.56 Å². The maximum absolute atomic E-state index is 12.3. The zero-order valence-electron chi connectivity index (χ0n) is 16.6. The van der Waals surface area contributed by atoms with Gasteiger partial charge in [0.05, 0.1) is 6.61 Å². The number of nitrogens with zero attached hydrogens (tertiary/aromatic N) is 1. The summed E-state index contributed by atoms with van der Waals surface area (Å²) < 4.78 is 18.7. The summed E-state index contributed by atoms with van der Waals surface area (Å²) in [5.41, 5.74) is -2.89. The number of unbranched alkanes of at least 4 members (excludes halogenated alkanes) is 2. The van der Waals surface area contributed by atoms with Crippen LogP contribution >= 0.6 is 0 Å². The molecule has 1 saturated heterocycles. The Morgan fingerprint density at radius 2 is 1.96 bits per heavy atom. The molecule has 3 N–H and O–H groups in total. The SMILES string of the molecule is CCCCOC[C@H]1O[C@@H](n2ccc(=O)[nH]c2=O)[C@@](O)(CCO)[C@@H]1OCCCC. The number of hydrogen-bond donors (Lipinski definition) is 3. The molecule has 1 aromatic heterocycles. The van der Waals surface area contributed by atoms with Gasteiger partial charge in [0, 0.05) is 38.5 Å². The van der Waals surface area contributed by atoms with Gasteiger partial charge in [0.15, 0.2) is 6.23 Å². The smallest absolute Gasteiger partial charge is 0.330 e. The van der Waals surface area contributed by atoms with Crippen molar-refractivity contribution in [3.8, 4) is 0 Å². The first kappa shape index (κ1) is 22.8. The number of ether oxygens (including phenoxy) is 3. The number of H-pyrrole nitrogens is 1. The number of nitrogens with one attached hydrogen (secondary N) is 1. The quantitative estimate of drug-likeness (QED) is 0.438. The van der Waals surface area contributed by atoms with E-state index < -0.39 is 35.3 Å². The Balaban J connectivity index is 2.31. The molecular formula is C19H32N2O7. The van der Waals surface area contributed by atoms with Crippen LogP contribution in [-0.4, -0.2) is 64.0 Å². The van der Waals surface area contributed by atoms with E-state index >= 15 is 0 Å². The van der Waals surface area contributed by atoms with E-state index in [1.165, 1.54) is 12.3 Å². The average molecular weight is 400 g/mol. The van der Waals surface area contributed by atoms with Gasteiger partial charge >= 0.3 is 5.69 Å². The molecule has 4 atom stereocenters. The zero-order chi connectivity index (χ0) is 20.6. The van der Waals surface area contributed by atoms with Gasteiger partial charge in [0.1, 0.15) is 17.8 Å². The fourth-order valence-corrected chi connectivity index (χ4v) is 3.36. The van der Waals surface area contributed by atoms with E-state index in [1.54, 1.807) is 0 Å². The fraction of sp³-hybridized carbons (Fsp3) is 0.789. The van der Waals surface area contributed by atoms with Gasteiger partial charge in [-0.2, -0.15) is 0 Å². The number of aliphatic hydroxyl groups excluding tert-OH is 1. The van der Waals surface area contributed by atoms with Gasteiger partial charge in [-0.15, -0.1) is 0 Å². The lowest BCUT2D eigenvalue weighted by atomic mass is 9.90. The molecule has 0 bridgehead atoms. The van der Waals surface area contributed by atoms with E-state index in [0.717, 1.165) is 30.3 Å². The van der Waals surface area contributed by atoms with Gasteiger partial charge in [-0.3, -0.25) is 14.3 Å². The minimum atomic E-state index is -1.65. The summed E-state index contributed by atoms with van der Waals surface area (Å²) in [5, 5.41) is 21.0. The van der Waals surface area contributed by atoms with Crippen LogP contribution in [0, 0.1) is 0 Å². The van der Waals surface area contributed by atoms with Crippen LogP contribution in [0.2, 0.25) is 0 Å². The highest BCUT2D eigenvalue weighted by Gasteiger charge is 2.57. The highest BCUT2D eigenvalue weighted by molar-refractivity contribution is 5.04. The van der Waals surface area contributed by atoms with Crippen molar-refractivity contribution in [1.82, 2.24) is 9.55 Å². The van der Waals surface area contributed by atoms with Gasteiger partial charge in [0.2, 0.25) is 0 Å². The standard InChI is InChI=1S/C19H32N2O7/c1-3-5-11-26-13-14-16(27-12-6-4-2)19(25,8-10-22)17(28-14)21-9-7-15(23)20-18(21)24/h7,9,14,16-17,22,25H,3-6,8,10-13H2,1-2H3,(H,20,23,24)/t14-,16-,17-,19-/m1/s1. The van der Waals surface area contributed by atoms with Crippen molar-refractivity contribution in [2.45, 2.75) is 70.0 Å². The number of aromatic amines is 1. The lowest BCUT2D eigenvalue weighted by Gasteiger charge is -2.33. The number of rotatable bonds is 12. The Labute approximate surface area is 164 Å². The molecule has 1 fully saturated rings. The topological polar surface area (TPSA) is 123 Å². The summed E-state index contributed by atoms with van der Waals surface area (Å²) in [6.45, 7) is 4.94. The molecule has 2 heterocycles. The van der Waals surface area contributed by atoms with Gasteiger partial charge in [-0.05, 0) is 12.8 Å². The number of aliphatic hydroxyl groups is 2. The third-order valence-corrected chi connectivity index (χ3v) is 4.90. The van der Waals surface area contributed by atoms with Gasteiger partial charge < -0.3 is 24.4 Å². The molecule has 1 aliphatic heterocycles. The van der Waals surface area contributed by atoms with Crippen LogP contribution in [0.4, 0.5) is 0 Å². The molecule has 0 saturated carbocycles. The van der Waals surface area contributed by atoms with Crippen LogP contribution in [-0.2, 0) is 14.2 Å². The van der Waals surface area contributed by atoms with Crippen LogP contribution in [0.3, 0.4) is 0 Å². The molecule has 9 nitrogen and oxygen atoms in total. The predicted octanol–water partition coefficient (Wildman–Crippen LogP) is 0.550. The molecule has 0 aliphatic carbocycles. The van der Waals surface area contributed by atoms with Gasteiger partial charge in [-0.1, -0.05) is 26.7 Å². The highest BCUT2D eigenvalue weighted by atomic mass is 16.6. The van der Waals surface area contributed by atoms with E-state index in [9.17, 15) is 19.8 Å². The van der Waals surface area contributed by atoms with Crippen LogP contribution < -0.4 is 11.2 Å². The highest BCUT2D eigenvalue weighted by Crippen LogP contribution is 2.42. The summed E-state index contributed by atoms with van der Waals surface area (Å²) >= 11 is 0. The lowest BCUT2D eigenvalue weighted by molar-refractivity contribution is -0.134. The van der Waals surface area contributed by atoms with Gasteiger partial charge in [-0.25, -0.2) is 4.79 Å². The van der Waals surface area contributed by atoms with E-state index in [0.29, 0.717) is 13.2 Å². The molecule has 0 radical (unpaired) electrons. The second kappa shape index (κ2) is 10.9. The van der Waals surface area contributed by atoms with Crippen molar-refractivity contribution >= 4 is 0 Å². The molecule has 0 amide bonds. The first-order valence-electron chi connectivity index (χ1n) is 9.97. The molecule has 0 aromatic carbocycles. The maximum atomic E-state index is 12.3. The van der Waals surface area contributed by atoms with Crippen LogP contribution in [0.5, 0.6) is 0 Å². The predicted molar refractivity (Wildman–Crippen MR) is 102 cm³/mol. The van der Waals surface area contributed by atoms with Crippen molar-refractivity contribution in [1.29, 1.82) is 0 Å². The Hall–Kier alpha value is -1.52. The van der Waals surface area contributed by atoms with E-state index in [1.807, 2.05) is 6.92 Å². The van der Waals surface area contributed by atoms with Crippen LogP contribution in [0.25, 0.3) is 0 Å². The average Bonchev–Trinajstić information content (AvgIpc) is 2.91. The van der Waals surface area contributed by atoms with Crippen molar-refractivity contribution in [3.05, 3.63) is 33.1 Å². The maximum Gasteiger partial charge on any atom is 0.330 e. The van der Waals surface area contributed by atoms with Crippen LogP contribution in [0.15, 0.2) is 21.9 Å². The summed E-state index contributed by atoms with van der Waals surface area (Å²) in [5.74, 6) is 0. The summed E-state index contributed by atoms with van der Waals surface area (Å²) in [6, 6.07) is 1.18. The Kier molecular flexibility index (Phi) is 8.84. The van der Waals surface area contributed by atoms with E-state index in [2.05, 4.69) is 11.9 Å². The Morgan fingerprint density at radius 3 is 2.61 bits per heavy atom. The first-order chi connectivity index (χ1) is 13.5. The second-order valence-corrected chi connectivity index (χ2v) is 7.08. The molecule has 0 spiro atoms. The Bertz CT molecular complexity index is 704. The zero-order valence-corrected chi connectivity index (χ0v) is 16.6. The summed E-state index contributed by atoms with van der Waals surface area (Å²) in [4.78, 5) is 25.8. The molecular weight excluding hydrogens is 368 g/mol.